The summed E-state index contributed by atoms with van der Waals surface area (Å²) in [5.41, 5.74) is 3.77. The van der Waals surface area contributed by atoms with Gasteiger partial charge in [0.1, 0.15) is 18.0 Å². The first-order valence-electron chi connectivity index (χ1n) is 7.67. The molecule has 0 saturated carbocycles. The number of aryl methyl sites for hydroxylation is 1. The van der Waals surface area contributed by atoms with Crippen molar-refractivity contribution in [3.8, 4) is 0 Å². The van der Waals surface area contributed by atoms with E-state index in [1.165, 1.54) is 11.1 Å². The maximum atomic E-state index is 4.38. The van der Waals surface area contributed by atoms with Gasteiger partial charge in [-0.1, -0.05) is 38.1 Å². The monoisotopic (exact) mass is 284 g/mol. The summed E-state index contributed by atoms with van der Waals surface area (Å²) in [6, 6.07) is 8.71. The zero-order valence-corrected chi connectivity index (χ0v) is 13.1. The number of rotatable bonds is 7. The van der Waals surface area contributed by atoms with E-state index in [2.05, 4.69) is 65.6 Å². The van der Waals surface area contributed by atoms with Gasteiger partial charge in [0.05, 0.1) is 0 Å². The molecule has 0 saturated heterocycles. The van der Waals surface area contributed by atoms with E-state index < -0.39 is 0 Å². The third-order valence-corrected chi connectivity index (χ3v) is 3.53. The van der Waals surface area contributed by atoms with Crippen LogP contribution in [0, 0.1) is 0 Å². The molecule has 21 heavy (non-hydrogen) atoms. The Morgan fingerprint density at radius 3 is 2.00 bits per heavy atom. The van der Waals surface area contributed by atoms with Gasteiger partial charge in [0.15, 0.2) is 0 Å². The summed E-state index contributed by atoms with van der Waals surface area (Å²) >= 11 is 0. The van der Waals surface area contributed by atoms with Gasteiger partial charge < -0.3 is 10.6 Å². The molecule has 0 aliphatic rings. The standard InChI is InChI=1S/C17H24N4/c1-4-13-7-9-14(10-8-13)11-19-17-15(5-2)16(18-6-3)20-12-21-17/h7-10,12H,4-6,11H2,1-3H3,(H2,18,19,20,21). The smallest absolute Gasteiger partial charge is 0.134 e. The summed E-state index contributed by atoms with van der Waals surface area (Å²) in [6.07, 6.45) is 3.59. The van der Waals surface area contributed by atoms with Gasteiger partial charge in [0, 0.05) is 18.7 Å². The van der Waals surface area contributed by atoms with Crippen molar-refractivity contribution in [2.45, 2.75) is 40.2 Å². The molecule has 112 valence electrons. The molecule has 2 N–H and O–H groups in total. The molecule has 2 rings (SSSR count). The lowest BCUT2D eigenvalue weighted by molar-refractivity contribution is 0.998. The second-order valence-electron chi connectivity index (χ2n) is 4.96. The Kier molecular flexibility index (Phi) is 5.55. The van der Waals surface area contributed by atoms with Gasteiger partial charge in [-0.15, -0.1) is 0 Å². The molecule has 0 amide bonds. The van der Waals surface area contributed by atoms with E-state index in [-0.39, 0.29) is 0 Å². The maximum absolute atomic E-state index is 4.38. The third kappa shape index (κ3) is 3.94. The summed E-state index contributed by atoms with van der Waals surface area (Å²) in [7, 11) is 0. The number of nitrogens with one attached hydrogen (secondary N) is 2. The van der Waals surface area contributed by atoms with E-state index in [4.69, 9.17) is 0 Å². The third-order valence-electron chi connectivity index (χ3n) is 3.53. The van der Waals surface area contributed by atoms with Crippen molar-refractivity contribution < 1.29 is 0 Å². The fourth-order valence-corrected chi connectivity index (χ4v) is 2.30. The first-order valence-corrected chi connectivity index (χ1v) is 7.67. The topological polar surface area (TPSA) is 49.8 Å². The number of benzene rings is 1. The minimum absolute atomic E-state index is 0.777. The molecule has 0 atom stereocenters. The molecule has 1 aromatic carbocycles. The lowest BCUT2D eigenvalue weighted by Gasteiger charge is -2.14. The zero-order valence-electron chi connectivity index (χ0n) is 13.1. The van der Waals surface area contributed by atoms with Crippen LogP contribution in [0.2, 0.25) is 0 Å². The molecule has 0 fully saturated rings. The van der Waals surface area contributed by atoms with Gasteiger partial charge in [-0.3, -0.25) is 0 Å². The number of aromatic nitrogens is 2. The predicted molar refractivity (Wildman–Crippen MR) is 88.7 cm³/mol. The van der Waals surface area contributed by atoms with Crippen molar-refractivity contribution >= 4 is 11.6 Å². The molecular weight excluding hydrogens is 260 g/mol. The quantitative estimate of drug-likeness (QED) is 0.815. The lowest BCUT2D eigenvalue weighted by atomic mass is 10.1. The fraction of sp³-hybridized carbons (Fsp3) is 0.412. The molecule has 1 aromatic heterocycles. The highest BCUT2D eigenvalue weighted by atomic mass is 15.1. The van der Waals surface area contributed by atoms with E-state index in [1.807, 2.05) is 0 Å². The summed E-state index contributed by atoms with van der Waals surface area (Å²) in [6.45, 7) is 8.01. The van der Waals surface area contributed by atoms with Crippen LogP contribution in [0.4, 0.5) is 11.6 Å². The lowest BCUT2D eigenvalue weighted by Crippen LogP contribution is -2.09. The Morgan fingerprint density at radius 2 is 1.43 bits per heavy atom. The minimum atomic E-state index is 0.777. The summed E-state index contributed by atoms with van der Waals surface area (Å²) in [5.74, 6) is 1.85. The second kappa shape index (κ2) is 7.62. The molecule has 0 radical (unpaired) electrons. The molecule has 0 spiro atoms. The molecule has 1 heterocycles. The van der Waals surface area contributed by atoms with Crippen LogP contribution in [-0.2, 0) is 19.4 Å². The largest absolute Gasteiger partial charge is 0.370 e. The van der Waals surface area contributed by atoms with Crippen molar-refractivity contribution in [2.24, 2.45) is 0 Å². The first kappa shape index (κ1) is 15.3. The molecule has 4 heteroatoms. The van der Waals surface area contributed by atoms with Crippen molar-refractivity contribution in [1.29, 1.82) is 0 Å². The highest BCUT2D eigenvalue weighted by Crippen LogP contribution is 2.21. The minimum Gasteiger partial charge on any atom is -0.370 e. The van der Waals surface area contributed by atoms with Crippen LogP contribution in [0.5, 0.6) is 0 Å². The van der Waals surface area contributed by atoms with Crippen molar-refractivity contribution in [2.75, 3.05) is 17.2 Å². The summed E-state index contributed by atoms with van der Waals surface area (Å²) < 4.78 is 0. The van der Waals surface area contributed by atoms with Crippen LogP contribution >= 0.6 is 0 Å². The van der Waals surface area contributed by atoms with Gasteiger partial charge >= 0.3 is 0 Å². The van der Waals surface area contributed by atoms with Gasteiger partial charge in [-0.2, -0.15) is 0 Å². The van der Waals surface area contributed by atoms with Crippen LogP contribution in [0.3, 0.4) is 0 Å². The Labute approximate surface area is 127 Å². The molecule has 4 nitrogen and oxygen atoms in total. The molecule has 2 aromatic rings. The fourth-order valence-electron chi connectivity index (χ4n) is 2.30. The van der Waals surface area contributed by atoms with E-state index in [0.29, 0.717) is 0 Å². The number of nitrogens with zero attached hydrogens (tertiary/aromatic N) is 2. The maximum Gasteiger partial charge on any atom is 0.134 e. The highest BCUT2D eigenvalue weighted by Gasteiger charge is 2.08. The van der Waals surface area contributed by atoms with Crippen molar-refractivity contribution in [3.05, 3.63) is 47.3 Å². The predicted octanol–water partition coefficient (Wildman–Crippen LogP) is 3.65. The van der Waals surface area contributed by atoms with Crippen LogP contribution in [0.15, 0.2) is 30.6 Å². The molecular formula is C17H24N4. The van der Waals surface area contributed by atoms with Gasteiger partial charge in [0.25, 0.3) is 0 Å². The van der Waals surface area contributed by atoms with E-state index in [0.717, 1.165) is 43.1 Å². The molecule has 0 unspecified atom stereocenters. The Hall–Kier alpha value is -2.10. The van der Waals surface area contributed by atoms with E-state index in [1.54, 1.807) is 6.33 Å². The van der Waals surface area contributed by atoms with Gasteiger partial charge in [0.2, 0.25) is 0 Å². The van der Waals surface area contributed by atoms with E-state index >= 15 is 0 Å². The molecule has 0 aliphatic carbocycles. The van der Waals surface area contributed by atoms with E-state index in [9.17, 15) is 0 Å². The van der Waals surface area contributed by atoms with Crippen LogP contribution in [-0.4, -0.2) is 16.5 Å². The van der Waals surface area contributed by atoms with Crippen LogP contribution < -0.4 is 10.6 Å². The highest BCUT2D eigenvalue weighted by molar-refractivity contribution is 5.57. The summed E-state index contributed by atoms with van der Waals surface area (Å²) in [5, 5.41) is 6.72. The normalized spacial score (nSPS) is 10.4. The average Bonchev–Trinajstić information content (AvgIpc) is 2.54. The molecule has 0 bridgehead atoms. The number of hydrogen-bond acceptors (Lipinski definition) is 4. The Balaban J connectivity index is 2.09. The average molecular weight is 284 g/mol. The SMILES string of the molecule is CCNc1ncnc(NCc2ccc(CC)cc2)c1CC. The van der Waals surface area contributed by atoms with Crippen LogP contribution in [0.25, 0.3) is 0 Å². The number of anilines is 2. The van der Waals surface area contributed by atoms with Crippen molar-refractivity contribution in [3.63, 3.8) is 0 Å². The van der Waals surface area contributed by atoms with Gasteiger partial charge in [-0.05, 0) is 30.9 Å². The number of hydrogen-bond donors (Lipinski definition) is 2. The zero-order chi connectivity index (χ0) is 15.1. The Morgan fingerprint density at radius 1 is 0.810 bits per heavy atom. The van der Waals surface area contributed by atoms with Crippen molar-refractivity contribution in [1.82, 2.24) is 9.97 Å². The van der Waals surface area contributed by atoms with Gasteiger partial charge in [-0.25, -0.2) is 9.97 Å². The van der Waals surface area contributed by atoms with Crippen LogP contribution in [0.1, 0.15) is 37.5 Å². The molecule has 0 aliphatic heterocycles. The summed E-state index contributed by atoms with van der Waals surface area (Å²) in [4.78, 5) is 8.69. The second-order valence-corrected chi connectivity index (χ2v) is 4.96. The first-order chi connectivity index (χ1) is 10.3. The Bertz CT molecular complexity index is 564.